The van der Waals surface area contributed by atoms with Crippen LogP contribution in [0.5, 0.6) is 0 Å². The summed E-state index contributed by atoms with van der Waals surface area (Å²) in [6.07, 6.45) is 0. The van der Waals surface area contributed by atoms with Gasteiger partial charge in [0.05, 0.1) is 17.3 Å². The van der Waals surface area contributed by atoms with Crippen molar-refractivity contribution >= 4 is 62.6 Å². The SMILES string of the molecule is O=C(CN1CSCC1=O)Nc1nc(-c2ccc(I)cc2)cs1. The molecule has 2 aromatic rings. The standard InChI is InChI=1S/C14H12IN3O2S2/c15-10-3-1-9(2-4-10)11-6-22-14(16-11)17-12(19)5-18-8-21-7-13(18)20/h1-4,6H,5,7-8H2,(H,16,17,19). The average Bonchev–Trinajstić information content (AvgIpc) is 3.10. The highest BCUT2D eigenvalue weighted by molar-refractivity contribution is 14.1. The molecule has 0 bridgehead atoms. The number of amides is 2. The third-order valence-corrected chi connectivity index (χ3v) is 5.47. The van der Waals surface area contributed by atoms with Crippen LogP contribution in [0.4, 0.5) is 5.13 Å². The van der Waals surface area contributed by atoms with Gasteiger partial charge in [0.1, 0.15) is 6.54 Å². The lowest BCUT2D eigenvalue weighted by Gasteiger charge is -2.13. The van der Waals surface area contributed by atoms with E-state index in [0.29, 0.717) is 16.8 Å². The lowest BCUT2D eigenvalue weighted by atomic mass is 10.2. The maximum absolute atomic E-state index is 12.0. The van der Waals surface area contributed by atoms with E-state index in [4.69, 9.17) is 0 Å². The lowest BCUT2D eigenvalue weighted by molar-refractivity contribution is -0.130. The van der Waals surface area contributed by atoms with E-state index in [1.165, 1.54) is 26.7 Å². The van der Waals surface area contributed by atoms with E-state index in [9.17, 15) is 9.59 Å². The van der Waals surface area contributed by atoms with Crippen molar-refractivity contribution in [1.29, 1.82) is 0 Å². The Morgan fingerprint density at radius 3 is 2.82 bits per heavy atom. The smallest absolute Gasteiger partial charge is 0.245 e. The van der Waals surface area contributed by atoms with E-state index in [2.05, 4.69) is 32.9 Å². The Kier molecular flexibility index (Phi) is 4.99. The number of hydrogen-bond acceptors (Lipinski definition) is 5. The fourth-order valence-corrected chi connectivity index (χ4v) is 3.96. The van der Waals surface area contributed by atoms with Gasteiger partial charge in [-0.25, -0.2) is 4.98 Å². The van der Waals surface area contributed by atoms with Crippen LogP contribution in [0.3, 0.4) is 0 Å². The molecule has 0 unspecified atom stereocenters. The van der Waals surface area contributed by atoms with Gasteiger partial charge in [0.25, 0.3) is 0 Å². The Bertz CT molecular complexity index is 702. The maximum atomic E-state index is 12.0. The van der Waals surface area contributed by atoms with Gasteiger partial charge in [-0.3, -0.25) is 9.59 Å². The average molecular weight is 445 g/mol. The van der Waals surface area contributed by atoms with E-state index in [-0.39, 0.29) is 18.4 Å². The molecule has 2 amide bonds. The summed E-state index contributed by atoms with van der Waals surface area (Å²) in [4.78, 5) is 29.4. The third-order valence-electron chi connectivity index (χ3n) is 3.05. The molecule has 3 rings (SSSR count). The van der Waals surface area contributed by atoms with Crippen molar-refractivity contribution in [3.05, 3.63) is 33.2 Å². The van der Waals surface area contributed by atoms with Crippen LogP contribution in [0.15, 0.2) is 29.6 Å². The van der Waals surface area contributed by atoms with Gasteiger partial charge in [0.2, 0.25) is 11.8 Å². The van der Waals surface area contributed by atoms with Crippen LogP contribution in [-0.4, -0.2) is 39.9 Å². The van der Waals surface area contributed by atoms with Gasteiger partial charge >= 0.3 is 0 Å². The molecule has 1 aromatic heterocycles. The predicted octanol–water partition coefficient (Wildman–Crippen LogP) is 2.89. The van der Waals surface area contributed by atoms with E-state index < -0.39 is 0 Å². The van der Waals surface area contributed by atoms with E-state index in [0.717, 1.165) is 11.3 Å². The van der Waals surface area contributed by atoms with Gasteiger partial charge in [-0.05, 0) is 34.7 Å². The van der Waals surface area contributed by atoms with Crippen LogP contribution in [-0.2, 0) is 9.59 Å². The number of carbonyl (C=O) groups excluding carboxylic acids is 2. The predicted molar refractivity (Wildman–Crippen MR) is 97.9 cm³/mol. The quantitative estimate of drug-likeness (QED) is 0.736. The van der Waals surface area contributed by atoms with E-state index in [1.54, 1.807) is 4.90 Å². The van der Waals surface area contributed by atoms with Gasteiger partial charge in [-0.1, -0.05) is 12.1 Å². The Balaban J connectivity index is 1.62. The van der Waals surface area contributed by atoms with Crippen molar-refractivity contribution in [2.45, 2.75) is 0 Å². The summed E-state index contributed by atoms with van der Waals surface area (Å²) >= 11 is 5.16. The number of anilines is 1. The summed E-state index contributed by atoms with van der Waals surface area (Å²) in [7, 11) is 0. The zero-order chi connectivity index (χ0) is 15.5. The monoisotopic (exact) mass is 445 g/mol. The number of thiazole rings is 1. The molecule has 0 aliphatic carbocycles. The maximum Gasteiger partial charge on any atom is 0.245 e. The lowest BCUT2D eigenvalue weighted by Crippen LogP contribution is -2.34. The highest BCUT2D eigenvalue weighted by Crippen LogP contribution is 2.25. The highest BCUT2D eigenvalue weighted by Gasteiger charge is 2.23. The van der Waals surface area contributed by atoms with Gasteiger partial charge in [-0.15, -0.1) is 23.1 Å². The molecule has 1 aliphatic rings. The van der Waals surface area contributed by atoms with Crippen molar-refractivity contribution in [2.75, 3.05) is 23.5 Å². The normalized spacial score (nSPS) is 14.4. The number of hydrogen-bond donors (Lipinski definition) is 1. The molecule has 0 radical (unpaired) electrons. The summed E-state index contributed by atoms with van der Waals surface area (Å²) in [5.74, 6) is 0.845. The van der Waals surface area contributed by atoms with Crippen LogP contribution in [0.2, 0.25) is 0 Å². The van der Waals surface area contributed by atoms with Gasteiger partial charge < -0.3 is 10.2 Å². The van der Waals surface area contributed by atoms with E-state index in [1.807, 2.05) is 29.6 Å². The largest absolute Gasteiger partial charge is 0.323 e. The van der Waals surface area contributed by atoms with Crippen LogP contribution >= 0.6 is 45.7 Å². The first-order valence-electron chi connectivity index (χ1n) is 6.48. The number of nitrogens with zero attached hydrogens (tertiary/aromatic N) is 2. The van der Waals surface area contributed by atoms with Crippen molar-refractivity contribution in [3.63, 3.8) is 0 Å². The molecule has 1 fully saturated rings. The molecule has 0 atom stereocenters. The molecule has 1 N–H and O–H groups in total. The fourth-order valence-electron chi connectivity index (χ4n) is 1.96. The minimum Gasteiger partial charge on any atom is -0.323 e. The molecule has 5 nitrogen and oxygen atoms in total. The van der Waals surface area contributed by atoms with Crippen LogP contribution in [0, 0.1) is 3.57 Å². The molecular formula is C14H12IN3O2S2. The molecule has 1 saturated heterocycles. The number of benzene rings is 1. The van der Waals surface area contributed by atoms with Crippen molar-refractivity contribution < 1.29 is 9.59 Å². The molecule has 114 valence electrons. The van der Waals surface area contributed by atoms with Gasteiger partial charge in [0, 0.05) is 14.5 Å². The number of aromatic nitrogens is 1. The Labute approximate surface area is 149 Å². The van der Waals surface area contributed by atoms with Crippen molar-refractivity contribution in [2.24, 2.45) is 0 Å². The molecular weight excluding hydrogens is 433 g/mol. The van der Waals surface area contributed by atoms with Crippen molar-refractivity contribution in [3.8, 4) is 11.3 Å². The number of halogens is 1. The Hall–Kier alpha value is -1.13. The molecule has 0 spiro atoms. The summed E-state index contributed by atoms with van der Waals surface area (Å²) in [6, 6.07) is 8.04. The number of nitrogens with one attached hydrogen (secondary N) is 1. The Morgan fingerprint density at radius 2 is 2.14 bits per heavy atom. The second-order valence-electron chi connectivity index (χ2n) is 4.66. The minimum atomic E-state index is -0.209. The van der Waals surface area contributed by atoms with E-state index >= 15 is 0 Å². The Morgan fingerprint density at radius 1 is 1.36 bits per heavy atom. The second-order valence-corrected chi connectivity index (χ2v) is 7.72. The fraction of sp³-hybridized carbons (Fsp3) is 0.214. The first-order valence-corrected chi connectivity index (χ1v) is 9.60. The van der Waals surface area contributed by atoms with Crippen LogP contribution in [0.25, 0.3) is 11.3 Å². The van der Waals surface area contributed by atoms with Gasteiger partial charge in [-0.2, -0.15) is 0 Å². The molecule has 2 heterocycles. The first-order chi connectivity index (χ1) is 10.6. The number of rotatable bonds is 4. The summed E-state index contributed by atoms with van der Waals surface area (Å²) in [5.41, 5.74) is 1.85. The highest BCUT2D eigenvalue weighted by atomic mass is 127. The first kappa shape index (κ1) is 15.8. The molecule has 8 heteroatoms. The second kappa shape index (κ2) is 6.97. The summed E-state index contributed by atoms with van der Waals surface area (Å²) in [5, 5.41) is 5.22. The zero-order valence-electron chi connectivity index (χ0n) is 11.4. The van der Waals surface area contributed by atoms with Gasteiger partial charge in [0.15, 0.2) is 5.13 Å². The third kappa shape index (κ3) is 3.79. The number of carbonyl (C=O) groups is 2. The summed E-state index contributed by atoms with van der Waals surface area (Å²) < 4.78 is 1.17. The zero-order valence-corrected chi connectivity index (χ0v) is 15.2. The number of thioether (sulfide) groups is 1. The minimum absolute atomic E-state index is 0.0128. The summed E-state index contributed by atoms with van der Waals surface area (Å²) in [6.45, 7) is 0.0876. The van der Waals surface area contributed by atoms with Crippen LogP contribution in [0.1, 0.15) is 0 Å². The van der Waals surface area contributed by atoms with Crippen LogP contribution < -0.4 is 5.32 Å². The topological polar surface area (TPSA) is 62.3 Å². The molecule has 1 aliphatic heterocycles. The van der Waals surface area contributed by atoms with Crippen molar-refractivity contribution in [1.82, 2.24) is 9.88 Å². The molecule has 22 heavy (non-hydrogen) atoms. The molecule has 1 aromatic carbocycles. The molecule has 0 saturated carbocycles.